The van der Waals surface area contributed by atoms with Gasteiger partial charge in [0.25, 0.3) is 0 Å². The van der Waals surface area contributed by atoms with Crippen LogP contribution in [0.25, 0.3) is 0 Å². The molecule has 124 heavy (non-hydrogen) atoms. The molecule has 3 N–H and O–H groups in total. The Labute approximate surface area is 709 Å². The molecule has 0 radical (unpaired) electrons. The van der Waals surface area contributed by atoms with Crippen molar-refractivity contribution in [3.8, 4) is 0 Å². The first-order valence-electron chi connectivity index (χ1n) is 39.1. The molecule has 0 saturated heterocycles. The zero-order valence-corrected chi connectivity index (χ0v) is 70.5. The van der Waals surface area contributed by atoms with Crippen molar-refractivity contribution < 1.29 is 273 Å². The van der Waals surface area contributed by atoms with E-state index in [-0.39, 0.29) is 24.8 Å². The number of alkyl carbamates (subject to hydrolysis) is 1. The highest BCUT2D eigenvalue weighted by atomic mass is 31.2. The fourth-order valence-corrected chi connectivity index (χ4v) is 11.0. The summed E-state index contributed by atoms with van der Waals surface area (Å²) in [4.78, 5) is 68.8. The van der Waals surface area contributed by atoms with Gasteiger partial charge in [0.05, 0.1) is 13.2 Å². The van der Waals surface area contributed by atoms with Crippen LogP contribution in [0.1, 0.15) is 273 Å². The summed E-state index contributed by atoms with van der Waals surface area (Å²) in [5, 5.41) is 158. The molecule has 0 aromatic rings. The van der Waals surface area contributed by atoms with Crippen LogP contribution in [0, 0.1) is 5.41 Å². The highest BCUT2D eigenvalue weighted by Gasteiger charge is 2.28. The van der Waals surface area contributed by atoms with E-state index in [0.717, 1.165) is 75.8 Å². The third-order valence-corrected chi connectivity index (χ3v) is 16.8. The van der Waals surface area contributed by atoms with Gasteiger partial charge in [0, 0.05) is 203 Å². The molecule has 1 aliphatic carbocycles. The number of hydrogen-bond acceptors (Lipinski definition) is 54. The third kappa shape index (κ3) is 83.2. The zero-order chi connectivity index (χ0) is 89.9. The lowest BCUT2D eigenvalue weighted by atomic mass is 9.72. The number of unbranched alkanes of at least 4 members (excludes halogenated alkanes) is 28. The van der Waals surface area contributed by atoms with Crippen molar-refractivity contribution in [1.29, 1.82) is 0 Å². The van der Waals surface area contributed by atoms with E-state index in [1.807, 2.05) is 19.1 Å². The molecule has 0 aromatic carbocycles. The lowest BCUT2D eigenvalue weighted by Gasteiger charge is -2.32. The fraction of sp³-hybridized carbons (Fsp3) is 0.758. The number of ether oxygens (including phenoxy) is 3. The molecule has 2 amide bonds. The molecule has 57 nitrogen and oxygen atoms in total. The van der Waals surface area contributed by atoms with E-state index in [0.29, 0.717) is 18.4 Å². The van der Waals surface area contributed by atoms with Crippen LogP contribution in [0.5, 0.6) is 0 Å². The summed E-state index contributed by atoms with van der Waals surface area (Å²) in [5.41, 5.74) is 4.66. The SMILES string of the molecule is CCCCCCCCCCCCCCCCCC(=O)OC[C@H](COP(=O)(O)OCCNC(=O)OCCOOOOOOOOOOOOOOOOOOOOOOOOOOOOOOOOOOOOOOOOOOOOC=CNC(=O)C=C(C)C=CC=C(C)C=CC1=C(C)CCCC1(C)C)OC(=O)CCCCCCCCCCCCCCCCC. The molecule has 0 aliphatic heterocycles. The minimum atomic E-state index is -4.77. The first-order valence-corrected chi connectivity index (χ1v) is 40.6. The molecule has 58 heteroatoms. The van der Waals surface area contributed by atoms with E-state index in [4.69, 9.17) is 23.3 Å². The smallest absolute Gasteiger partial charge is 0.462 e. The molecule has 0 saturated carbocycles. The van der Waals surface area contributed by atoms with Gasteiger partial charge in [-0.2, -0.15) is 0 Å². The van der Waals surface area contributed by atoms with Gasteiger partial charge in [-0.05, 0) is 110 Å². The predicted molar refractivity (Wildman–Crippen MR) is 377 cm³/mol. The summed E-state index contributed by atoms with van der Waals surface area (Å²) in [6.45, 7) is 12.1. The van der Waals surface area contributed by atoms with Gasteiger partial charge >= 0.3 is 25.9 Å². The lowest BCUT2D eigenvalue weighted by Crippen LogP contribution is -2.30. The van der Waals surface area contributed by atoms with Crippen molar-refractivity contribution in [2.24, 2.45) is 5.41 Å². The van der Waals surface area contributed by atoms with Crippen molar-refractivity contribution >= 4 is 31.8 Å². The molecule has 2 atom stereocenters. The Morgan fingerprint density at radius 2 is 0.790 bits per heavy atom. The summed E-state index contributed by atoms with van der Waals surface area (Å²) in [6, 6.07) is 0. The van der Waals surface area contributed by atoms with E-state index >= 15 is 0 Å². The molecule has 724 valence electrons. The Bertz CT molecular complexity index is 2730. The average Bonchev–Trinajstić information content (AvgIpc) is 0.821. The summed E-state index contributed by atoms with van der Waals surface area (Å²) in [5.74, 6) is -1.53. The van der Waals surface area contributed by atoms with Gasteiger partial charge in [0.1, 0.15) is 26.1 Å². The lowest BCUT2D eigenvalue weighted by molar-refractivity contribution is -0.909. The van der Waals surface area contributed by atoms with Gasteiger partial charge in [-0.15, -0.1) is 0 Å². The second kappa shape index (κ2) is 89.3. The Kier molecular flexibility index (Phi) is 83.8. The molecular formula is C66H115N2O55P. The van der Waals surface area contributed by atoms with Gasteiger partial charge in [-0.1, -0.05) is 249 Å². The Hall–Kier alpha value is -5.69. The number of allylic oxidation sites excluding steroid dienone is 9. The van der Waals surface area contributed by atoms with Crippen LogP contribution in [0.4, 0.5) is 4.79 Å². The van der Waals surface area contributed by atoms with E-state index < -0.39 is 70.9 Å². The maximum absolute atomic E-state index is 12.9. The number of carbonyl (C=O) groups excluding carboxylic acids is 4. The van der Waals surface area contributed by atoms with Gasteiger partial charge < -0.3 is 34.6 Å². The van der Waals surface area contributed by atoms with Crippen LogP contribution in [0.2, 0.25) is 0 Å². The monoisotopic (exact) mass is 1850 g/mol. The maximum Gasteiger partial charge on any atom is 0.472 e. The molecule has 0 spiro atoms. The van der Waals surface area contributed by atoms with E-state index in [1.54, 1.807) is 13.0 Å². The van der Waals surface area contributed by atoms with Crippen LogP contribution in [0.15, 0.2) is 71.2 Å². The summed E-state index contributed by atoms with van der Waals surface area (Å²) >= 11 is 0. The minimum absolute atomic E-state index is 0.107. The molecular weight excluding hydrogens is 1730 g/mol. The van der Waals surface area contributed by atoms with E-state index in [1.165, 1.54) is 158 Å². The minimum Gasteiger partial charge on any atom is -0.462 e. The number of amides is 2. The Morgan fingerprint density at radius 3 is 1.18 bits per heavy atom. The molecule has 1 aliphatic rings. The first-order chi connectivity index (χ1) is 60.6. The quantitative estimate of drug-likeness (QED) is 0.00586. The second-order valence-electron chi connectivity index (χ2n) is 25.9. The van der Waals surface area contributed by atoms with Crippen molar-refractivity contribution in [1.82, 2.24) is 10.6 Å². The van der Waals surface area contributed by atoms with Crippen LogP contribution in [-0.2, 0) is 264 Å². The Morgan fingerprint density at radius 1 is 0.427 bits per heavy atom. The van der Waals surface area contributed by atoms with Crippen molar-refractivity contribution in [3.05, 3.63) is 71.2 Å². The number of phosphoric acid groups is 1. The van der Waals surface area contributed by atoms with Gasteiger partial charge in [0.15, 0.2) is 6.10 Å². The largest absolute Gasteiger partial charge is 0.472 e. The van der Waals surface area contributed by atoms with Crippen LogP contribution >= 0.6 is 7.82 Å². The third-order valence-electron chi connectivity index (χ3n) is 15.9. The normalized spacial score (nSPS) is 14.0. The second-order valence-corrected chi connectivity index (χ2v) is 27.3. The number of esters is 2. The van der Waals surface area contributed by atoms with Gasteiger partial charge in [-0.3, -0.25) is 23.4 Å². The van der Waals surface area contributed by atoms with Crippen molar-refractivity contribution in [3.63, 3.8) is 0 Å². The van der Waals surface area contributed by atoms with Crippen LogP contribution in [-0.4, -0.2) is 74.5 Å². The molecule has 1 unspecified atom stereocenters. The number of rotatable bonds is 95. The molecule has 0 fully saturated rings. The number of nitrogens with one attached hydrogen (secondary N) is 2. The maximum atomic E-state index is 12.9. The molecule has 0 bridgehead atoms. The topological polar surface area (TPSA) is 582 Å². The van der Waals surface area contributed by atoms with Gasteiger partial charge in [0.2, 0.25) is 5.91 Å². The van der Waals surface area contributed by atoms with E-state index in [9.17, 15) is 28.6 Å². The van der Waals surface area contributed by atoms with Crippen LogP contribution < -0.4 is 10.6 Å². The highest BCUT2D eigenvalue weighted by Crippen LogP contribution is 2.43. The molecule has 1 rings (SSSR count). The summed E-state index contributed by atoms with van der Waals surface area (Å²) in [7, 11) is -4.77. The summed E-state index contributed by atoms with van der Waals surface area (Å²) < 4.78 is 38.5. The standard InChI is InChI=1S/C66H115N2O55P/c1-8-10-12-14-16-18-20-22-24-26-28-30-32-34-36-43-63(70)76-55-60(81-64(71)44-37-35-33-31-29-27-25-23-21-19-17-15-13-11-9-2)56-80-124(73,74)79-51-49-68-65(72)75-52-53-78-83-85-87-89-91-93-95-97-99-101-103-105-107-109-111-113-115-117-119-121-123-122-120-118-116-114-112-110-108-106-104-102-100-98-96-94-92-90-88-86-84-82-77-50-48-67-62(69)54-58(4)41-38-40-57(3)45-46-61-59(5)42-39-47-66(61,6)7/h38,40-41,45-46,48,50,54,60H,8-37,39,42-44,47,49,51-53,55-56H2,1-7H3,(H,67,69)(H,68,72)(H,73,74)/t60-/m1/s1. The summed E-state index contributed by atoms with van der Waals surface area (Å²) in [6.07, 6.45) is 49.8. The van der Waals surface area contributed by atoms with Crippen LogP contribution in [0.3, 0.4) is 0 Å². The number of phosphoric ester groups is 1. The highest BCUT2D eigenvalue weighted by molar-refractivity contribution is 7.47. The average molecular weight is 1850 g/mol. The first kappa shape index (κ1) is 116. The fourth-order valence-electron chi connectivity index (χ4n) is 10.3. The number of hydrogen-bond donors (Lipinski definition) is 3. The zero-order valence-electron chi connectivity index (χ0n) is 69.6. The predicted octanol–water partition coefficient (Wildman–Crippen LogP) is 15.0. The van der Waals surface area contributed by atoms with E-state index in [2.05, 4.69) is 279 Å². The molecule has 0 aromatic heterocycles. The van der Waals surface area contributed by atoms with Gasteiger partial charge in [-0.25, -0.2) is 14.2 Å². The van der Waals surface area contributed by atoms with Crippen molar-refractivity contribution in [2.75, 3.05) is 39.6 Å². The van der Waals surface area contributed by atoms with Crippen molar-refractivity contribution in [2.45, 2.75) is 279 Å². The molecule has 0 heterocycles. The Balaban J connectivity index is 1.93. The number of carbonyl (C=O) groups is 4.